The lowest BCUT2D eigenvalue weighted by Crippen LogP contribution is -2.22. The monoisotopic (exact) mass is 289 g/mol. The molecule has 4 heteroatoms. The van der Waals surface area contributed by atoms with E-state index in [1.807, 2.05) is 0 Å². The molecule has 1 aromatic rings. The zero-order valence-corrected chi connectivity index (χ0v) is 10.7. The molecule has 0 bridgehead atoms. The summed E-state index contributed by atoms with van der Waals surface area (Å²) in [5.74, 6) is -0.998. The van der Waals surface area contributed by atoms with Crippen molar-refractivity contribution in [2.24, 2.45) is 5.41 Å². The lowest BCUT2D eigenvalue weighted by atomic mass is 10.1. The van der Waals surface area contributed by atoms with Gasteiger partial charge in [0.1, 0.15) is 11.6 Å². The predicted octanol–water partition coefficient (Wildman–Crippen LogP) is 3.62. The van der Waals surface area contributed by atoms with E-state index in [0.29, 0.717) is 9.89 Å². The van der Waals surface area contributed by atoms with Crippen LogP contribution in [0.3, 0.4) is 0 Å². The fraction of sp³-hybridized carbons (Fsp3) is 0.500. The fourth-order valence-electron chi connectivity index (χ4n) is 1.61. The van der Waals surface area contributed by atoms with Gasteiger partial charge in [0.15, 0.2) is 0 Å². The van der Waals surface area contributed by atoms with Gasteiger partial charge in [-0.2, -0.15) is 0 Å². The molecule has 1 nitrogen and oxygen atoms in total. The maximum Gasteiger partial charge on any atom is 0.144 e. The summed E-state index contributed by atoms with van der Waals surface area (Å²) in [6.45, 7) is 3.23. The maximum atomic E-state index is 13.6. The molecular weight excluding hydrogens is 276 g/mol. The number of rotatable bonds is 4. The maximum absolute atomic E-state index is 13.6. The van der Waals surface area contributed by atoms with Crippen LogP contribution in [0.1, 0.15) is 25.3 Å². The molecule has 0 aliphatic heterocycles. The Hall–Kier alpha value is -0.480. The number of benzene rings is 1. The average molecular weight is 290 g/mol. The normalized spacial score (nSPS) is 17.5. The van der Waals surface area contributed by atoms with Crippen LogP contribution in [0.25, 0.3) is 0 Å². The van der Waals surface area contributed by atoms with Crippen LogP contribution in [0.2, 0.25) is 0 Å². The van der Waals surface area contributed by atoms with Crippen LogP contribution in [0.4, 0.5) is 8.78 Å². The zero-order chi connectivity index (χ0) is 11.8. The van der Waals surface area contributed by atoms with Gasteiger partial charge in [0.05, 0.1) is 4.47 Å². The second-order valence-electron chi connectivity index (χ2n) is 4.74. The fourth-order valence-corrected chi connectivity index (χ4v) is 1.98. The zero-order valence-electron chi connectivity index (χ0n) is 9.12. The van der Waals surface area contributed by atoms with Gasteiger partial charge in [-0.15, -0.1) is 0 Å². The summed E-state index contributed by atoms with van der Waals surface area (Å²) in [7, 11) is 0. The molecule has 0 aromatic heterocycles. The van der Waals surface area contributed by atoms with Crippen molar-refractivity contribution < 1.29 is 8.78 Å². The topological polar surface area (TPSA) is 12.0 Å². The molecule has 0 spiro atoms. The number of hydrogen-bond donors (Lipinski definition) is 1. The first-order valence-electron chi connectivity index (χ1n) is 5.35. The van der Waals surface area contributed by atoms with Crippen molar-refractivity contribution in [1.29, 1.82) is 0 Å². The third kappa shape index (κ3) is 2.61. The number of halogens is 3. The SMILES string of the molecule is CC1(CNCc2c(F)ccc(Br)c2F)CC1. The van der Waals surface area contributed by atoms with Crippen LogP contribution in [-0.4, -0.2) is 6.54 Å². The van der Waals surface area contributed by atoms with Crippen molar-refractivity contribution in [2.45, 2.75) is 26.3 Å². The lowest BCUT2D eigenvalue weighted by Gasteiger charge is -2.11. The molecule has 0 atom stereocenters. The minimum atomic E-state index is -0.506. The van der Waals surface area contributed by atoms with E-state index in [1.165, 1.54) is 25.0 Å². The Kier molecular flexibility index (Phi) is 3.31. The van der Waals surface area contributed by atoms with E-state index in [0.717, 1.165) is 6.54 Å². The molecule has 1 saturated carbocycles. The Labute approximate surface area is 102 Å². The molecule has 1 aromatic carbocycles. The summed E-state index contributed by atoms with van der Waals surface area (Å²) < 4.78 is 27.2. The van der Waals surface area contributed by atoms with E-state index in [2.05, 4.69) is 28.2 Å². The van der Waals surface area contributed by atoms with E-state index < -0.39 is 11.6 Å². The van der Waals surface area contributed by atoms with Gasteiger partial charge in [-0.3, -0.25) is 0 Å². The van der Waals surface area contributed by atoms with Crippen LogP contribution in [0.5, 0.6) is 0 Å². The molecule has 1 aliphatic rings. The van der Waals surface area contributed by atoms with Crippen molar-refractivity contribution in [3.63, 3.8) is 0 Å². The minimum Gasteiger partial charge on any atom is -0.312 e. The smallest absolute Gasteiger partial charge is 0.144 e. The first kappa shape index (κ1) is 12.0. The van der Waals surface area contributed by atoms with Crippen molar-refractivity contribution in [3.8, 4) is 0 Å². The Morgan fingerprint density at radius 3 is 2.69 bits per heavy atom. The van der Waals surface area contributed by atoms with Gasteiger partial charge in [-0.1, -0.05) is 6.92 Å². The van der Waals surface area contributed by atoms with Gasteiger partial charge in [-0.05, 0) is 46.3 Å². The largest absolute Gasteiger partial charge is 0.312 e. The Balaban J connectivity index is 2.00. The number of nitrogens with one attached hydrogen (secondary N) is 1. The van der Waals surface area contributed by atoms with Gasteiger partial charge in [-0.25, -0.2) is 8.78 Å². The second kappa shape index (κ2) is 4.41. The van der Waals surface area contributed by atoms with Gasteiger partial charge in [0, 0.05) is 18.7 Å². The van der Waals surface area contributed by atoms with E-state index in [4.69, 9.17) is 0 Å². The van der Waals surface area contributed by atoms with E-state index >= 15 is 0 Å². The lowest BCUT2D eigenvalue weighted by molar-refractivity contribution is 0.477. The van der Waals surface area contributed by atoms with Crippen molar-refractivity contribution in [3.05, 3.63) is 33.8 Å². The third-order valence-corrected chi connectivity index (χ3v) is 3.71. The van der Waals surface area contributed by atoms with Gasteiger partial charge in [0.25, 0.3) is 0 Å². The number of hydrogen-bond acceptors (Lipinski definition) is 1. The summed E-state index contributed by atoms with van der Waals surface area (Å²) in [6, 6.07) is 2.67. The molecule has 0 heterocycles. The molecule has 2 rings (SSSR count). The van der Waals surface area contributed by atoms with Crippen LogP contribution >= 0.6 is 15.9 Å². The molecule has 0 saturated heterocycles. The molecular formula is C12H14BrF2N. The highest BCUT2D eigenvalue weighted by Gasteiger charge is 2.36. The molecule has 0 amide bonds. The van der Waals surface area contributed by atoms with Crippen LogP contribution < -0.4 is 5.32 Å². The molecule has 88 valence electrons. The van der Waals surface area contributed by atoms with Crippen LogP contribution in [0, 0.1) is 17.0 Å². The highest BCUT2D eigenvalue weighted by molar-refractivity contribution is 9.10. The summed E-state index contributed by atoms with van der Waals surface area (Å²) in [4.78, 5) is 0. The van der Waals surface area contributed by atoms with E-state index in [9.17, 15) is 8.78 Å². The third-order valence-electron chi connectivity index (χ3n) is 3.10. The van der Waals surface area contributed by atoms with Crippen molar-refractivity contribution in [1.82, 2.24) is 5.32 Å². The molecule has 16 heavy (non-hydrogen) atoms. The first-order valence-corrected chi connectivity index (χ1v) is 6.14. The van der Waals surface area contributed by atoms with E-state index in [-0.39, 0.29) is 12.1 Å². The first-order chi connectivity index (χ1) is 7.52. The second-order valence-corrected chi connectivity index (χ2v) is 5.59. The molecule has 1 aliphatic carbocycles. The van der Waals surface area contributed by atoms with Crippen LogP contribution in [0.15, 0.2) is 16.6 Å². The standard InChI is InChI=1S/C12H14BrF2N/c1-12(4-5-12)7-16-6-8-10(14)3-2-9(13)11(8)15/h2-3,16H,4-7H2,1H3. The Morgan fingerprint density at radius 1 is 1.38 bits per heavy atom. The van der Waals surface area contributed by atoms with Crippen molar-refractivity contribution in [2.75, 3.05) is 6.54 Å². The highest BCUT2D eigenvalue weighted by atomic mass is 79.9. The summed E-state index contributed by atoms with van der Waals surface area (Å²) in [5, 5.41) is 3.11. The summed E-state index contributed by atoms with van der Waals surface area (Å²) in [6.07, 6.45) is 2.40. The van der Waals surface area contributed by atoms with Gasteiger partial charge in [0.2, 0.25) is 0 Å². The molecule has 1 N–H and O–H groups in total. The molecule has 0 radical (unpaired) electrons. The predicted molar refractivity (Wildman–Crippen MR) is 63.1 cm³/mol. The summed E-state index contributed by atoms with van der Waals surface area (Å²) >= 11 is 3.05. The van der Waals surface area contributed by atoms with E-state index in [1.54, 1.807) is 0 Å². The Bertz CT molecular complexity index is 402. The average Bonchev–Trinajstić information content (AvgIpc) is 2.96. The Morgan fingerprint density at radius 2 is 2.06 bits per heavy atom. The van der Waals surface area contributed by atoms with Crippen molar-refractivity contribution >= 4 is 15.9 Å². The van der Waals surface area contributed by atoms with Gasteiger partial charge >= 0.3 is 0 Å². The van der Waals surface area contributed by atoms with Crippen LogP contribution in [-0.2, 0) is 6.54 Å². The molecule has 0 unspecified atom stereocenters. The quantitative estimate of drug-likeness (QED) is 0.835. The minimum absolute atomic E-state index is 0.110. The highest BCUT2D eigenvalue weighted by Crippen LogP contribution is 2.44. The summed E-state index contributed by atoms with van der Waals surface area (Å²) in [5.41, 5.74) is 0.456. The van der Waals surface area contributed by atoms with Gasteiger partial charge < -0.3 is 5.32 Å². The molecule has 1 fully saturated rings.